The molecule has 2 fully saturated rings. The molecule has 0 unspecified atom stereocenters. The van der Waals surface area contributed by atoms with Crippen LogP contribution in [-0.4, -0.2) is 6.67 Å². The van der Waals surface area contributed by atoms with Crippen molar-refractivity contribution >= 4 is 0 Å². The highest BCUT2D eigenvalue weighted by Gasteiger charge is 2.31. The number of aryl methyl sites for hydroxylation is 1. The molecule has 2 aromatic rings. The van der Waals surface area contributed by atoms with Crippen molar-refractivity contribution in [3.05, 3.63) is 59.4 Å². The molecule has 2 heteroatoms. The molecule has 2 aliphatic rings. The largest absolute Gasteiger partial charge is 0.251 e. The summed E-state index contributed by atoms with van der Waals surface area (Å²) in [5, 5.41) is 0. The second-order valence-corrected chi connectivity index (χ2v) is 12.5. The van der Waals surface area contributed by atoms with E-state index < -0.39 is 0 Å². The molecular weight excluding hydrogens is 470 g/mol. The maximum atomic E-state index is 14.8. The quantitative estimate of drug-likeness (QED) is 0.216. The van der Waals surface area contributed by atoms with E-state index in [0.29, 0.717) is 12.3 Å². The van der Waals surface area contributed by atoms with Crippen LogP contribution in [0.25, 0.3) is 11.1 Å². The molecule has 0 radical (unpaired) electrons. The van der Waals surface area contributed by atoms with E-state index >= 15 is 0 Å². The van der Waals surface area contributed by atoms with Crippen LogP contribution >= 0.6 is 0 Å². The van der Waals surface area contributed by atoms with E-state index in [9.17, 15) is 8.78 Å². The van der Waals surface area contributed by atoms with Crippen LogP contribution in [0.2, 0.25) is 0 Å². The van der Waals surface area contributed by atoms with Crippen molar-refractivity contribution in [1.82, 2.24) is 0 Å². The van der Waals surface area contributed by atoms with E-state index in [1.165, 1.54) is 82.6 Å². The summed E-state index contributed by atoms with van der Waals surface area (Å²) in [6, 6.07) is 14.7. The van der Waals surface area contributed by atoms with Crippen LogP contribution in [0.4, 0.5) is 8.78 Å². The minimum absolute atomic E-state index is 0.0938. The van der Waals surface area contributed by atoms with Crippen LogP contribution < -0.4 is 0 Å². The number of halogens is 2. The average molecular weight is 523 g/mol. The fraction of sp³-hybridized carbons (Fsp3) is 0.667. The monoisotopic (exact) mass is 522 g/mol. The lowest BCUT2D eigenvalue weighted by Gasteiger charge is -2.38. The summed E-state index contributed by atoms with van der Waals surface area (Å²) in [4.78, 5) is 0. The topological polar surface area (TPSA) is 0 Å². The van der Waals surface area contributed by atoms with Gasteiger partial charge in [0.1, 0.15) is 5.82 Å². The Morgan fingerprint density at radius 2 is 1.29 bits per heavy atom. The number of alkyl halides is 1. The molecule has 0 bridgehead atoms. The number of unbranched alkanes of at least 4 members (excludes halogenated alkanes) is 6. The fourth-order valence-corrected chi connectivity index (χ4v) is 7.37. The Morgan fingerprint density at radius 1 is 0.658 bits per heavy atom. The Morgan fingerprint density at radius 3 is 1.95 bits per heavy atom. The standard InChI is InChI=1S/C36H52F2/c1-2-3-7-10-28-12-14-29(15-13-28)30-16-18-31(19-17-30)32-20-22-33(23-21-32)35-25-24-34(36(38)27-35)11-8-5-4-6-9-26-37/h20-25,27-31H,2-19,26H2,1H3/t28-,29-,30?,31?. The first-order valence-corrected chi connectivity index (χ1v) is 16.1. The number of rotatable bonds is 14. The zero-order valence-electron chi connectivity index (χ0n) is 24.0. The lowest BCUT2D eigenvalue weighted by molar-refractivity contribution is 0.155. The summed E-state index contributed by atoms with van der Waals surface area (Å²) in [5.41, 5.74) is 4.35. The Kier molecular flexibility index (Phi) is 12.2. The van der Waals surface area contributed by atoms with E-state index in [1.807, 2.05) is 6.07 Å². The minimum Gasteiger partial charge on any atom is -0.251 e. The fourth-order valence-electron chi connectivity index (χ4n) is 7.37. The van der Waals surface area contributed by atoms with E-state index in [-0.39, 0.29) is 12.5 Å². The highest BCUT2D eigenvalue weighted by Crippen LogP contribution is 2.44. The molecule has 0 spiro atoms. The first kappa shape index (κ1) is 29.3. The molecular formula is C36H52F2. The van der Waals surface area contributed by atoms with Crippen molar-refractivity contribution in [2.24, 2.45) is 17.8 Å². The van der Waals surface area contributed by atoms with Crippen LogP contribution in [0.3, 0.4) is 0 Å². The van der Waals surface area contributed by atoms with Crippen LogP contribution in [0.1, 0.15) is 133 Å². The molecule has 0 N–H and O–H groups in total. The first-order chi connectivity index (χ1) is 18.7. The van der Waals surface area contributed by atoms with Crippen molar-refractivity contribution in [1.29, 1.82) is 0 Å². The smallest absolute Gasteiger partial charge is 0.127 e. The maximum absolute atomic E-state index is 14.8. The van der Waals surface area contributed by atoms with E-state index in [4.69, 9.17) is 0 Å². The van der Waals surface area contributed by atoms with Crippen LogP contribution in [0, 0.1) is 23.6 Å². The van der Waals surface area contributed by atoms with Gasteiger partial charge in [-0.1, -0.05) is 101 Å². The van der Waals surface area contributed by atoms with Gasteiger partial charge in [-0.05, 0) is 110 Å². The molecule has 210 valence electrons. The van der Waals surface area contributed by atoms with Gasteiger partial charge in [0.2, 0.25) is 0 Å². The Labute approximate surface area is 232 Å². The lowest BCUT2D eigenvalue weighted by atomic mass is 9.68. The zero-order chi connectivity index (χ0) is 26.6. The average Bonchev–Trinajstić information content (AvgIpc) is 2.96. The van der Waals surface area contributed by atoms with Gasteiger partial charge in [-0.25, -0.2) is 4.39 Å². The van der Waals surface area contributed by atoms with Gasteiger partial charge in [-0.15, -0.1) is 0 Å². The molecule has 38 heavy (non-hydrogen) atoms. The second-order valence-electron chi connectivity index (χ2n) is 12.5. The van der Waals surface area contributed by atoms with Gasteiger partial charge in [-0.2, -0.15) is 0 Å². The summed E-state index contributed by atoms with van der Waals surface area (Å²) in [6.45, 7) is 2.09. The molecule has 0 atom stereocenters. The Bertz CT molecular complexity index is 917. The van der Waals surface area contributed by atoms with Gasteiger partial charge < -0.3 is 0 Å². The predicted molar refractivity (Wildman–Crippen MR) is 159 cm³/mol. The molecule has 0 heterocycles. The first-order valence-electron chi connectivity index (χ1n) is 16.1. The van der Waals surface area contributed by atoms with Crippen LogP contribution in [0.15, 0.2) is 42.5 Å². The number of benzene rings is 2. The molecule has 0 amide bonds. The predicted octanol–water partition coefficient (Wildman–Crippen LogP) is 11.6. The normalized spacial score (nSPS) is 24.0. The number of hydrogen-bond donors (Lipinski definition) is 0. The third kappa shape index (κ3) is 8.65. The van der Waals surface area contributed by atoms with Crippen molar-refractivity contribution in [2.75, 3.05) is 6.67 Å². The van der Waals surface area contributed by atoms with E-state index in [0.717, 1.165) is 66.5 Å². The van der Waals surface area contributed by atoms with E-state index in [2.05, 4.69) is 37.3 Å². The van der Waals surface area contributed by atoms with Gasteiger partial charge in [0.15, 0.2) is 0 Å². The molecule has 0 saturated heterocycles. The summed E-state index contributed by atoms with van der Waals surface area (Å²) < 4.78 is 27.0. The van der Waals surface area contributed by atoms with Gasteiger partial charge in [0.25, 0.3) is 0 Å². The summed E-state index contributed by atoms with van der Waals surface area (Å²) in [5.74, 6) is 3.55. The summed E-state index contributed by atoms with van der Waals surface area (Å²) in [7, 11) is 0. The van der Waals surface area contributed by atoms with E-state index in [1.54, 1.807) is 6.07 Å². The SMILES string of the molecule is CCCCC[C@H]1CC[C@H](C2CCC(c3ccc(-c4ccc(CCCCCCCF)c(F)c4)cc3)CC2)CC1. The maximum Gasteiger partial charge on any atom is 0.127 e. The van der Waals surface area contributed by atoms with Crippen molar-refractivity contribution in [2.45, 2.75) is 128 Å². The van der Waals surface area contributed by atoms with Gasteiger partial charge >= 0.3 is 0 Å². The third-order valence-electron chi connectivity index (χ3n) is 9.89. The second kappa shape index (κ2) is 15.8. The van der Waals surface area contributed by atoms with Crippen LogP contribution in [0.5, 0.6) is 0 Å². The zero-order valence-corrected chi connectivity index (χ0v) is 24.0. The van der Waals surface area contributed by atoms with Crippen molar-refractivity contribution in [3.8, 4) is 11.1 Å². The highest BCUT2D eigenvalue weighted by atomic mass is 19.1. The minimum atomic E-state index is -0.224. The molecule has 2 aliphatic carbocycles. The lowest BCUT2D eigenvalue weighted by Crippen LogP contribution is -2.25. The number of hydrogen-bond acceptors (Lipinski definition) is 0. The molecule has 0 aliphatic heterocycles. The Hall–Kier alpha value is -1.70. The molecule has 2 aromatic carbocycles. The third-order valence-corrected chi connectivity index (χ3v) is 9.89. The Balaban J connectivity index is 1.21. The van der Waals surface area contributed by atoms with Gasteiger partial charge in [0.05, 0.1) is 6.67 Å². The summed E-state index contributed by atoms with van der Waals surface area (Å²) >= 11 is 0. The molecule has 0 nitrogen and oxygen atoms in total. The van der Waals surface area contributed by atoms with Crippen molar-refractivity contribution in [3.63, 3.8) is 0 Å². The highest BCUT2D eigenvalue weighted by molar-refractivity contribution is 5.64. The molecule has 4 rings (SSSR count). The summed E-state index contributed by atoms with van der Waals surface area (Å²) in [6.07, 6.45) is 22.5. The van der Waals surface area contributed by atoms with Gasteiger partial charge in [-0.3, -0.25) is 4.39 Å². The molecule has 0 aromatic heterocycles. The van der Waals surface area contributed by atoms with Crippen molar-refractivity contribution < 1.29 is 8.78 Å². The van der Waals surface area contributed by atoms with Gasteiger partial charge in [0, 0.05) is 0 Å². The van der Waals surface area contributed by atoms with Crippen LogP contribution in [-0.2, 0) is 6.42 Å². The molecule has 2 saturated carbocycles.